The van der Waals surface area contributed by atoms with Crippen LogP contribution in [0.1, 0.15) is 30.3 Å². The van der Waals surface area contributed by atoms with E-state index >= 15 is 0 Å². The van der Waals surface area contributed by atoms with Crippen molar-refractivity contribution in [2.24, 2.45) is 0 Å². The molecule has 0 saturated carbocycles. The molecular weight excluding hydrogens is 345 g/mol. The Morgan fingerprint density at radius 3 is 2.48 bits per heavy atom. The van der Waals surface area contributed by atoms with Gasteiger partial charge in [-0.1, -0.05) is 25.1 Å². The van der Waals surface area contributed by atoms with E-state index in [1.165, 1.54) is 12.1 Å². The molecule has 0 bridgehead atoms. The zero-order valence-corrected chi connectivity index (χ0v) is 13.6. The van der Waals surface area contributed by atoms with Gasteiger partial charge in [0.05, 0.1) is 12.1 Å². The number of imidazole rings is 1. The Labute approximate surface area is 133 Å². The van der Waals surface area contributed by atoms with Crippen molar-refractivity contribution in [1.29, 1.82) is 0 Å². The van der Waals surface area contributed by atoms with Crippen LogP contribution in [0.5, 0.6) is 0 Å². The molecule has 1 aromatic heterocycles. The second-order valence-electron chi connectivity index (χ2n) is 4.82. The van der Waals surface area contributed by atoms with E-state index in [-0.39, 0.29) is 23.5 Å². The summed E-state index contributed by atoms with van der Waals surface area (Å²) in [5.74, 6) is 0.962. The highest BCUT2D eigenvalue weighted by molar-refractivity contribution is 5.28. The van der Waals surface area contributed by atoms with Crippen molar-refractivity contribution in [2.75, 3.05) is 0 Å². The van der Waals surface area contributed by atoms with E-state index in [4.69, 9.17) is 0 Å². The second kappa shape index (κ2) is 7.11. The van der Waals surface area contributed by atoms with Crippen molar-refractivity contribution in [2.45, 2.75) is 39.5 Å². The molecule has 0 spiro atoms. The number of hydrogen-bond donors (Lipinski definition) is 0. The lowest BCUT2D eigenvalue weighted by Crippen LogP contribution is -3.00. The molecule has 1 aromatic carbocycles. The van der Waals surface area contributed by atoms with Crippen molar-refractivity contribution >= 4 is 0 Å². The van der Waals surface area contributed by atoms with Gasteiger partial charge in [0.15, 0.2) is 0 Å². The topological polar surface area (TPSA) is 8.81 Å². The summed E-state index contributed by atoms with van der Waals surface area (Å²) in [6.07, 6.45) is 0.429. The summed E-state index contributed by atoms with van der Waals surface area (Å²) in [7, 11) is 0. The molecule has 0 aliphatic carbocycles. The molecule has 0 radical (unpaired) electrons. The lowest BCUT2D eigenvalue weighted by atomic mass is 10.1. The minimum Gasteiger partial charge on any atom is -1.00 e. The van der Waals surface area contributed by atoms with Gasteiger partial charge < -0.3 is 17.0 Å². The van der Waals surface area contributed by atoms with E-state index < -0.39 is 11.7 Å². The summed E-state index contributed by atoms with van der Waals surface area (Å²) in [5.41, 5.74) is -0.266. The molecule has 21 heavy (non-hydrogen) atoms. The Morgan fingerprint density at radius 2 is 1.86 bits per heavy atom. The van der Waals surface area contributed by atoms with Crippen LogP contribution in [0.4, 0.5) is 13.2 Å². The van der Waals surface area contributed by atoms with Crippen molar-refractivity contribution in [3.05, 3.63) is 53.6 Å². The maximum atomic E-state index is 13.0. The molecule has 0 unspecified atom stereocenters. The van der Waals surface area contributed by atoms with E-state index in [9.17, 15) is 13.2 Å². The van der Waals surface area contributed by atoms with Crippen LogP contribution in [0.3, 0.4) is 0 Å². The standard InChI is InChI=1S/C15H18F3N2.BrH/c1-3-8-19-9-10-20(12(19)2)11-13-6-4-5-7-14(13)15(16,17)18;/h4-7,9-10H,3,8,11H2,1-2H3;1H/q+1;/p-1. The molecule has 0 aliphatic heterocycles. The highest BCUT2D eigenvalue weighted by Gasteiger charge is 2.33. The number of halogens is 4. The summed E-state index contributed by atoms with van der Waals surface area (Å²) in [6, 6.07) is 5.73. The molecule has 6 heteroatoms. The third kappa shape index (κ3) is 4.09. The molecular formula is C15H18BrF3N2. The van der Waals surface area contributed by atoms with Crippen molar-refractivity contribution in [3.8, 4) is 0 Å². The number of aryl methyl sites for hydroxylation is 1. The Kier molecular flexibility index (Phi) is 6.01. The molecule has 0 fully saturated rings. The highest BCUT2D eigenvalue weighted by atomic mass is 79.9. The summed E-state index contributed by atoms with van der Waals surface area (Å²) in [6.45, 7) is 5.10. The van der Waals surface area contributed by atoms with E-state index in [1.54, 1.807) is 6.07 Å². The number of benzene rings is 1. The summed E-state index contributed by atoms with van der Waals surface area (Å²) in [5, 5.41) is 0. The molecule has 0 amide bonds. The van der Waals surface area contributed by atoms with Crippen molar-refractivity contribution in [1.82, 2.24) is 4.57 Å². The maximum absolute atomic E-state index is 13.0. The number of rotatable bonds is 4. The average molecular weight is 363 g/mol. The highest BCUT2D eigenvalue weighted by Crippen LogP contribution is 2.31. The molecule has 2 rings (SSSR count). The molecule has 2 nitrogen and oxygen atoms in total. The molecule has 0 N–H and O–H groups in total. The zero-order valence-electron chi connectivity index (χ0n) is 12.0. The normalized spacial score (nSPS) is 11.3. The van der Waals surface area contributed by atoms with Gasteiger partial charge in [0, 0.05) is 12.5 Å². The van der Waals surface area contributed by atoms with Gasteiger partial charge in [-0.3, -0.25) is 0 Å². The summed E-state index contributed by atoms with van der Waals surface area (Å²) in [4.78, 5) is 0. The second-order valence-corrected chi connectivity index (χ2v) is 4.82. The van der Waals surface area contributed by atoms with Gasteiger partial charge in [0.1, 0.15) is 18.9 Å². The number of nitrogens with zero attached hydrogens (tertiary/aromatic N) is 2. The molecule has 0 atom stereocenters. The van der Waals surface area contributed by atoms with Crippen molar-refractivity contribution < 1.29 is 34.7 Å². The van der Waals surface area contributed by atoms with Crippen LogP contribution in [0.15, 0.2) is 36.7 Å². The lowest BCUT2D eigenvalue weighted by Gasteiger charge is -2.11. The summed E-state index contributed by atoms with van der Waals surface area (Å²) >= 11 is 0. The fourth-order valence-electron chi connectivity index (χ4n) is 2.30. The smallest absolute Gasteiger partial charge is 0.416 e. The maximum Gasteiger partial charge on any atom is 0.416 e. The monoisotopic (exact) mass is 362 g/mol. The van der Waals surface area contributed by atoms with E-state index in [0.717, 1.165) is 24.9 Å². The van der Waals surface area contributed by atoms with Crippen LogP contribution < -0.4 is 21.5 Å². The van der Waals surface area contributed by atoms with Gasteiger partial charge >= 0.3 is 6.18 Å². The average Bonchev–Trinajstić information content (AvgIpc) is 2.72. The minimum atomic E-state index is -4.31. The number of hydrogen-bond acceptors (Lipinski definition) is 0. The van der Waals surface area contributed by atoms with Gasteiger partial charge in [0.2, 0.25) is 0 Å². The van der Waals surface area contributed by atoms with Crippen LogP contribution in [0.25, 0.3) is 0 Å². The SMILES string of the molecule is CCCn1cc[n+](Cc2ccccc2C(F)(F)F)c1C.[Br-]. The predicted octanol–water partition coefficient (Wildman–Crippen LogP) is 0.565. The Bertz CT molecular complexity index is 591. The first-order valence-electron chi connectivity index (χ1n) is 6.63. The Balaban J connectivity index is 0.00000220. The number of alkyl halides is 3. The number of aromatic nitrogens is 2. The largest absolute Gasteiger partial charge is 1.00 e. The van der Waals surface area contributed by atoms with E-state index in [2.05, 4.69) is 11.5 Å². The van der Waals surface area contributed by atoms with Crippen LogP contribution >= 0.6 is 0 Å². The molecule has 0 aliphatic rings. The van der Waals surface area contributed by atoms with E-state index in [1.807, 2.05) is 23.9 Å². The van der Waals surface area contributed by atoms with Crippen LogP contribution in [-0.2, 0) is 19.3 Å². The summed E-state index contributed by atoms with van der Waals surface area (Å²) < 4.78 is 42.8. The van der Waals surface area contributed by atoms with Gasteiger partial charge in [0.25, 0.3) is 5.82 Å². The third-order valence-electron chi connectivity index (χ3n) is 3.39. The van der Waals surface area contributed by atoms with Crippen LogP contribution in [0.2, 0.25) is 0 Å². The Hall–Kier alpha value is -1.30. The molecule has 2 aromatic rings. The zero-order chi connectivity index (χ0) is 14.8. The Morgan fingerprint density at radius 1 is 1.19 bits per heavy atom. The van der Waals surface area contributed by atoms with Gasteiger partial charge in [-0.25, -0.2) is 9.13 Å². The van der Waals surface area contributed by atoms with Crippen LogP contribution in [0, 0.1) is 6.92 Å². The predicted molar refractivity (Wildman–Crippen MR) is 70.2 cm³/mol. The molecule has 0 saturated heterocycles. The van der Waals surface area contributed by atoms with Gasteiger partial charge in [-0.2, -0.15) is 13.2 Å². The van der Waals surface area contributed by atoms with Crippen LogP contribution in [-0.4, -0.2) is 4.57 Å². The molecule has 1 heterocycles. The first-order chi connectivity index (χ1) is 9.43. The molecule has 116 valence electrons. The van der Waals surface area contributed by atoms with E-state index in [0.29, 0.717) is 5.56 Å². The third-order valence-corrected chi connectivity index (χ3v) is 3.39. The van der Waals surface area contributed by atoms with Gasteiger partial charge in [-0.05, 0) is 12.5 Å². The fourth-order valence-corrected chi connectivity index (χ4v) is 2.30. The first-order valence-corrected chi connectivity index (χ1v) is 6.63. The lowest BCUT2D eigenvalue weighted by molar-refractivity contribution is -0.694. The minimum absolute atomic E-state index is 0. The van der Waals surface area contributed by atoms with Crippen molar-refractivity contribution in [3.63, 3.8) is 0 Å². The van der Waals surface area contributed by atoms with Gasteiger partial charge in [-0.15, -0.1) is 0 Å². The fraction of sp³-hybridized carbons (Fsp3) is 0.400. The quantitative estimate of drug-likeness (QED) is 0.703. The first kappa shape index (κ1) is 17.8.